The van der Waals surface area contributed by atoms with E-state index in [1.807, 2.05) is 36.4 Å². The minimum Gasteiger partial charge on any atom is -0.495 e. The van der Waals surface area contributed by atoms with Gasteiger partial charge in [-0.05, 0) is 36.2 Å². The number of carbonyl (C=O) groups excluding carboxylic acids is 2. The molecule has 0 spiro atoms. The van der Waals surface area contributed by atoms with Crippen LogP contribution in [0.25, 0.3) is 0 Å². The van der Waals surface area contributed by atoms with Crippen molar-refractivity contribution >= 4 is 23.2 Å². The molecular weight excluding hydrogens is 304 g/mol. The summed E-state index contributed by atoms with van der Waals surface area (Å²) >= 11 is 0. The van der Waals surface area contributed by atoms with Crippen molar-refractivity contribution in [3.8, 4) is 5.75 Å². The van der Waals surface area contributed by atoms with Crippen LogP contribution in [0.15, 0.2) is 48.5 Å². The van der Waals surface area contributed by atoms with Gasteiger partial charge in [-0.15, -0.1) is 0 Å². The van der Waals surface area contributed by atoms with Gasteiger partial charge in [0, 0.05) is 12.6 Å². The van der Waals surface area contributed by atoms with Crippen LogP contribution in [-0.2, 0) is 16.0 Å². The molecule has 0 unspecified atom stereocenters. The van der Waals surface area contributed by atoms with E-state index < -0.39 is 0 Å². The second-order valence-corrected chi connectivity index (χ2v) is 5.37. The Balaban J connectivity index is 2.12. The Bertz CT molecular complexity index is 711. The first-order chi connectivity index (χ1) is 11.5. The summed E-state index contributed by atoms with van der Waals surface area (Å²) in [5.74, 6) is 0.108. The molecule has 0 aromatic heterocycles. The van der Waals surface area contributed by atoms with Crippen molar-refractivity contribution in [1.82, 2.24) is 0 Å². The highest BCUT2D eigenvalue weighted by Crippen LogP contribution is 2.23. The fourth-order valence-corrected chi connectivity index (χ4v) is 2.38. The highest BCUT2D eigenvalue weighted by Gasteiger charge is 2.16. The van der Waals surface area contributed by atoms with Crippen molar-refractivity contribution in [2.24, 2.45) is 0 Å². The quantitative estimate of drug-likeness (QED) is 0.886. The molecule has 0 aliphatic carbocycles. The number of para-hydroxylation sites is 2. The van der Waals surface area contributed by atoms with Crippen molar-refractivity contribution in [3.63, 3.8) is 0 Å². The largest absolute Gasteiger partial charge is 0.495 e. The molecule has 5 heteroatoms. The van der Waals surface area contributed by atoms with E-state index in [1.54, 1.807) is 19.2 Å². The lowest BCUT2D eigenvalue weighted by Crippen LogP contribution is -2.36. The van der Waals surface area contributed by atoms with E-state index >= 15 is 0 Å². The van der Waals surface area contributed by atoms with Gasteiger partial charge in [-0.1, -0.05) is 31.2 Å². The number of hydrogen-bond acceptors (Lipinski definition) is 3. The second-order valence-electron chi connectivity index (χ2n) is 5.37. The van der Waals surface area contributed by atoms with Crippen molar-refractivity contribution < 1.29 is 14.3 Å². The van der Waals surface area contributed by atoms with Gasteiger partial charge in [0.25, 0.3) is 0 Å². The van der Waals surface area contributed by atoms with Crippen LogP contribution >= 0.6 is 0 Å². The van der Waals surface area contributed by atoms with E-state index in [-0.39, 0.29) is 18.4 Å². The number of rotatable bonds is 6. The Kier molecular flexibility index (Phi) is 5.95. The summed E-state index contributed by atoms with van der Waals surface area (Å²) < 4.78 is 5.21. The average Bonchev–Trinajstić information content (AvgIpc) is 2.60. The van der Waals surface area contributed by atoms with Gasteiger partial charge in [-0.3, -0.25) is 9.59 Å². The SMILES string of the molecule is CCc1ccc(N(CC(=O)Nc2ccccc2OC)C(C)=O)cc1. The standard InChI is InChI=1S/C19H22N2O3/c1-4-15-9-11-16(12-10-15)21(14(2)22)13-19(23)20-17-7-5-6-8-18(17)24-3/h5-12H,4,13H2,1-3H3,(H,20,23). The van der Waals surface area contributed by atoms with E-state index in [1.165, 1.54) is 17.4 Å². The zero-order valence-electron chi connectivity index (χ0n) is 14.2. The Morgan fingerprint density at radius 3 is 2.33 bits per heavy atom. The molecule has 0 radical (unpaired) electrons. The van der Waals surface area contributed by atoms with Gasteiger partial charge in [0.05, 0.1) is 12.8 Å². The number of nitrogens with zero attached hydrogens (tertiary/aromatic N) is 1. The van der Waals surface area contributed by atoms with Crippen LogP contribution in [0.4, 0.5) is 11.4 Å². The fourth-order valence-electron chi connectivity index (χ4n) is 2.38. The molecule has 2 rings (SSSR count). The molecule has 0 fully saturated rings. The molecule has 0 atom stereocenters. The second kappa shape index (κ2) is 8.15. The average molecular weight is 326 g/mol. The molecule has 1 N–H and O–H groups in total. The van der Waals surface area contributed by atoms with Gasteiger partial charge < -0.3 is 15.0 Å². The lowest BCUT2D eigenvalue weighted by atomic mass is 10.1. The van der Waals surface area contributed by atoms with Crippen LogP contribution in [0.5, 0.6) is 5.75 Å². The fraction of sp³-hybridized carbons (Fsp3) is 0.263. The van der Waals surface area contributed by atoms with Crippen LogP contribution in [0.2, 0.25) is 0 Å². The number of nitrogens with one attached hydrogen (secondary N) is 1. The molecule has 0 aliphatic rings. The summed E-state index contributed by atoms with van der Waals surface area (Å²) in [5, 5.41) is 2.78. The third-order valence-corrected chi connectivity index (χ3v) is 3.72. The van der Waals surface area contributed by atoms with E-state index in [9.17, 15) is 9.59 Å². The maximum absolute atomic E-state index is 12.3. The van der Waals surface area contributed by atoms with E-state index in [2.05, 4.69) is 12.2 Å². The molecule has 0 bridgehead atoms. The lowest BCUT2D eigenvalue weighted by molar-refractivity contribution is -0.120. The summed E-state index contributed by atoms with van der Waals surface area (Å²) in [6, 6.07) is 14.8. The number of benzene rings is 2. The topological polar surface area (TPSA) is 58.6 Å². The Hall–Kier alpha value is -2.82. The number of hydrogen-bond donors (Lipinski definition) is 1. The van der Waals surface area contributed by atoms with Gasteiger partial charge in [-0.25, -0.2) is 0 Å². The monoisotopic (exact) mass is 326 g/mol. The third kappa shape index (κ3) is 4.35. The first kappa shape index (κ1) is 17.5. The molecular formula is C19H22N2O3. The number of carbonyl (C=O) groups is 2. The molecule has 0 heterocycles. The smallest absolute Gasteiger partial charge is 0.244 e. The summed E-state index contributed by atoms with van der Waals surface area (Å²) in [7, 11) is 1.54. The summed E-state index contributed by atoms with van der Waals surface area (Å²) in [5.41, 5.74) is 2.46. The number of ether oxygens (including phenoxy) is 1. The van der Waals surface area contributed by atoms with Crippen molar-refractivity contribution in [2.45, 2.75) is 20.3 Å². The maximum atomic E-state index is 12.3. The summed E-state index contributed by atoms with van der Waals surface area (Å²) in [6.45, 7) is 3.46. The van der Waals surface area contributed by atoms with Gasteiger partial charge in [-0.2, -0.15) is 0 Å². The van der Waals surface area contributed by atoms with Crippen molar-refractivity contribution in [3.05, 3.63) is 54.1 Å². The zero-order valence-corrected chi connectivity index (χ0v) is 14.2. The molecule has 0 saturated heterocycles. The minimum atomic E-state index is -0.283. The summed E-state index contributed by atoms with van der Waals surface area (Å²) in [6.07, 6.45) is 0.925. The number of amides is 2. The molecule has 2 aromatic carbocycles. The van der Waals surface area contributed by atoms with Crippen LogP contribution in [-0.4, -0.2) is 25.5 Å². The van der Waals surface area contributed by atoms with Crippen molar-refractivity contribution in [1.29, 1.82) is 0 Å². The van der Waals surface area contributed by atoms with Gasteiger partial charge in [0.2, 0.25) is 11.8 Å². The van der Waals surface area contributed by atoms with Gasteiger partial charge in [0.1, 0.15) is 12.3 Å². The molecule has 5 nitrogen and oxygen atoms in total. The predicted octanol–water partition coefficient (Wildman–Crippen LogP) is 3.25. The van der Waals surface area contributed by atoms with E-state index in [0.717, 1.165) is 6.42 Å². The Morgan fingerprint density at radius 2 is 1.75 bits per heavy atom. The maximum Gasteiger partial charge on any atom is 0.244 e. The van der Waals surface area contributed by atoms with Crippen molar-refractivity contribution in [2.75, 3.05) is 23.9 Å². The molecule has 2 aromatic rings. The van der Waals surface area contributed by atoms with Crippen LogP contribution in [0.3, 0.4) is 0 Å². The zero-order chi connectivity index (χ0) is 17.5. The van der Waals surface area contributed by atoms with Crippen LogP contribution in [0, 0.1) is 0 Å². The Morgan fingerprint density at radius 1 is 1.08 bits per heavy atom. The first-order valence-electron chi connectivity index (χ1n) is 7.85. The van der Waals surface area contributed by atoms with Gasteiger partial charge >= 0.3 is 0 Å². The summed E-state index contributed by atoms with van der Waals surface area (Å²) in [4.78, 5) is 25.7. The highest BCUT2D eigenvalue weighted by atomic mass is 16.5. The van der Waals surface area contributed by atoms with Crippen LogP contribution in [0.1, 0.15) is 19.4 Å². The molecule has 2 amide bonds. The molecule has 0 aliphatic heterocycles. The van der Waals surface area contributed by atoms with Crippen LogP contribution < -0.4 is 15.0 Å². The predicted molar refractivity (Wildman–Crippen MR) is 95.5 cm³/mol. The highest BCUT2D eigenvalue weighted by molar-refractivity contribution is 6.02. The number of aryl methyl sites for hydroxylation is 1. The molecule has 0 saturated carbocycles. The van der Waals surface area contributed by atoms with Gasteiger partial charge in [0.15, 0.2) is 0 Å². The minimum absolute atomic E-state index is 0.0567. The number of anilines is 2. The first-order valence-corrected chi connectivity index (χ1v) is 7.85. The normalized spacial score (nSPS) is 10.1. The number of methoxy groups -OCH3 is 1. The third-order valence-electron chi connectivity index (χ3n) is 3.72. The molecule has 24 heavy (non-hydrogen) atoms. The van der Waals surface area contributed by atoms with E-state index in [0.29, 0.717) is 17.1 Å². The lowest BCUT2D eigenvalue weighted by Gasteiger charge is -2.21. The Labute approximate surface area is 142 Å². The van der Waals surface area contributed by atoms with E-state index in [4.69, 9.17) is 4.74 Å². The molecule has 126 valence electrons.